The molecule has 28 heavy (non-hydrogen) atoms. The van der Waals surface area contributed by atoms with Gasteiger partial charge in [-0.3, -0.25) is 4.79 Å². The van der Waals surface area contributed by atoms with Crippen LogP contribution in [-0.4, -0.2) is 46.1 Å². The van der Waals surface area contributed by atoms with Gasteiger partial charge in [-0.15, -0.1) is 0 Å². The molecule has 2 aromatic carbocycles. The lowest BCUT2D eigenvalue weighted by Gasteiger charge is -2.26. The van der Waals surface area contributed by atoms with Gasteiger partial charge in [-0.2, -0.15) is 8.42 Å². The van der Waals surface area contributed by atoms with E-state index in [9.17, 15) is 13.2 Å². The molecule has 0 spiro atoms. The van der Waals surface area contributed by atoms with Crippen molar-refractivity contribution < 1.29 is 26.9 Å². The van der Waals surface area contributed by atoms with Gasteiger partial charge in [0.2, 0.25) is 5.91 Å². The zero-order valence-corrected chi connectivity index (χ0v) is 17.2. The molecule has 0 heterocycles. The summed E-state index contributed by atoms with van der Waals surface area (Å²) in [5.41, 5.74) is 0.751. The molecule has 1 amide bonds. The molecule has 0 unspecified atom stereocenters. The van der Waals surface area contributed by atoms with Gasteiger partial charge in [0.25, 0.3) is 0 Å². The van der Waals surface area contributed by atoms with E-state index in [0.717, 1.165) is 5.56 Å². The number of benzene rings is 2. The minimum atomic E-state index is -3.98. The van der Waals surface area contributed by atoms with Crippen molar-refractivity contribution in [3.05, 3.63) is 54.1 Å². The number of rotatable bonds is 9. The Morgan fingerprint density at radius 2 is 1.71 bits per heavy atom. The van der Waals surface area contributed by atoms with Crippen LogP contribution in [-0.2, 0) is 26.2 Å². The molecule has 8 heteroatoms. The van der Waals surface area contributed by atoms with Crippen molar-refractivity contribution in [2.45, 2.75) is 31.3 Å². The van der Waals surface area contributed by atoms with Gasteiger partial charge in [0.15, 0.2) is 0 Å². The third-order valence-corrected chi connectivity index (χ3v) is 5.28. The maximum atomic E-state index is 12.5. The fourth-order valence-electron chi connectivity index (χ4n) is 2.57. The molecule has 152 valence electrons. The van der Waals surface area contributed by atoms with Crippen molar-refractivity contribution in [2.24, 2.45) is 0 Å². The van der Waals surface area contributed by atoms with E-state index in [0.29, 0.717) is 12.3 Å². The summed E-state index contributed by atoms with van der Waals surface area (Å²) in [5, 5.41) is 0. The quantitative estimate of drug-likeness (QED) is 0.595. The molecule has 7 nitrogen and oxygen atoms in total. The minimum absolute atomic E-state index is 0.0137. The van der Waals surface area contributed by atoms with Crippen molar-refractivity contribution in [1.82, 2.24) is 4.90 Å². The number of carbonyl (C=O) groups is 1. The van der Waals surface area contributed by atoms with Crippen LogP contribution in [0.5, 0.6) is 11.5 Å². The Hall–Kier alpha value is -2.58. The maximum Gasteiger partial charge on any atom is 0.339 e. The van der Waals surface area contributed by atoms with E-state index in [-0.39, 0.29) is 29.2 Å². The molecule has 2 rings (SSSR count). The van der Waals surface area contributed by atoms with E-state index in [1.807, 2.05) is 19.9 Å². The second kappa shape index (κ2) is 9.57. The summed E-state index contributed by atoms with van der Waals surface area (Å²) in [6.07, 6.45) is 0. The summed E-state index contributed by atoms with van der Waals surface area (Å²) >= 11 is 0. The van der Waals surface area contributed by atoms with E-state index in [2.05, 4.69) is 0 Å². The lowest BCUT2D eigenvalue weighted by atomic mass is 10.2. The largest absolute Gasteiger partial charge is 0.497 e. The first-order chi connectivity index (χ1) is 13.3. The van der Waals surface area contributed by atoms with E-state index >= 15 is 0 Å². The highest BCUT2D eigenvalue weighted by molar-refractivity contribution is 7.87. The third kappa shape index (κ3) is 5.71. The highest BCUT2D eigenvalue weighted by atomic mass is 32.2. The molecule has 0 aliphatic carbocycles. The molecule has 0 aliphatic heterocycles. The number of ether oxygens (including phenoxy) is 2. The van der Waals surface area contributed by atoms with E-state index < -0.39 is 10.1 Å². The van der Waals surface area contributed by atoms with Crippen molar-refractivity contribution in [1.29, 1.82) is 0 Å². The monoisotopic (exact) mass is 407 g/mol. The summed E-state index contributed by atoms with van der Waals surface area (Å²) in [6.45, 7) is 4.12. The van der Waals surface area contributed by atoms with Crippen LogP contribution in [0.25, 0.3) is 0 Å². The molecule has 0 aromatic heterocycles. The number of methoxy groups -OCH3 is 2. The lowest BCUT2D eigenvalue weighted by molar-refractivity contribution is -0.137. The predicted octanol–water partition coefficient (Wildman–Crippen LogP) is 2.85. The average Bonchev–Trinajstić information content (AvgIpc) is 2.66. The zero-order valence-electron chi connectivity index (χ0n) is 16.4. The number of hydrogen-bond donors (Lipinski definition) is 0. The van der Waals surface area contributed by atoms with Crippen LogP contribution >= 0.6 is 0 Å². The molecule has 0 N–H and O–H groups in total. The second-order valence-electron chi connectivity index (χ2n) is 6.41. The summed E-state index contributed by atoms with van der Waals surface area (Å²) in [6, 6.07) is 12.6. The van der Waals surface area contributed by atoms with Crippen LogP contribution in [0.2, 0.25) is 0 Å². The van der Waals surface area contributed by atoms with Crippen LogP contribution in [0.3, 0.4) is 0 Å². The Morgan fingerprint density at radius 1 is 1.04 bits per heavy atom. The molecule has 0 atom stereocenters. The fourth-order valence-corrected chi connectivity index (χ4v) is 3.50. The predicted molar refractivity (Wildman–Crippen MR) is 105 cm³/mol. The summed E-state index contributed by atoms with van der Waals surface area (Å²) < 4.78 is 40.2. The molecular formula is C20H25NO6S. The first-order valence-electron chi connectivity index (χ1n) is 8.72. The van der Waals surface area contributed by atoms with E-state index in [4.69, 9.17) is 13.7 Å². The number of nitrogens with zero attached hydrogens (tertiary/aromatic N) is 1. The van der Waals surface area contributed by atoms with Gasteiger partial charge in [-0.25, -0.2) is 0 Å². The highest BCUT2D eigenvalue weighted by Crippen LogP contribution is 2.22. The third-order valence-electron chi connectivity index (χ3n) is 4.02. The van der Waals surface area contributed by atoms with Gasteiger partial charge in [0, 0.05) is 19.7 Å². The van der Waals surface area contributed by atoms with Crippen LogP contribution in [0.4, 0.5) is 0 Å². The maximum absolute atomic E-state index is 12.5. The van der Waals surface area contributed by atoms with Gasteiger partial charge in [-0.05, 0) is 55.8 Å². The number of hydrogen-bond acceptors (Lipinski definition) is 6. The number of carbonyl (C=O) groups excluding carboxylic acids is 1. The smallest absolute Gasteiger partial charge is 0.339 e. The molecule has 0 saturated heterocycles. The summed E-state index contributed by atoms with van der Waals surface area (Å²) in [7, 11) is -1.01. The Balaban J connectivity index is 2.18. The van der Waals surface area contributed by atoms with E-state index in [1.165, 1.54) is 26.4 Å². The van der Waals surface area contributed by atoms with Crippen molar-refractivity contribution in [2.75, 3.05) is 20.8 Å². The summed E-state index contributed by atoms with van der Waals surface area (Å²) in [4.78, 5) is 13.9. The zero-order chi connectivity index (χ0) is 20.7. The van der Waals surface area contributed by atoms with E-state index in [1.54, 1.807) is 35.2 Å². The van der Waals surface area contributed by atoms with Gasteiger partial charge < -0.3 is 18.6 Å². The first-order valence-corrected chi connectivity index (χ1v) is 10.1. The van der Waals surface area contributed by atoms with Gasteiger partial charge in [0.1, 0.15) is 23.0 Å². The van der Waals surface area contributed by atoms with Crippen LogP contribution < -0.4 is 8.92 Å². The van der Waals surface area contributed by atoms with Gasteiger partial charge in [-0.1, -0.05) is 12.1 Å². The molecular weight excluding hydrogens is 382 g/mol. The standard InChI is InChI=1S/C20H25NO6S/c1-15(2)21(20(22)14-25-3)13-16-6-5-7-18(12-16)27-28(23,24)19-10-8-17(26-4)9-11-19/h5-12,15H,13-14H2,1-4H3. The SMILES string of the molecule is COCC(=O)N(Cc1cccc(OS(=O)(=O)c2ccc(OC)cc2)c1)C(C)C. The summed E-state index contributed by atoms with van der Waals surface area (Å²) in [5.74, 6) is 0.585. The lowest BCUT2D eigenvalue weighted by Crippen LogP contribution is -2.38. The van der Waals surface area contributed by atoms with Crippen LogP contribution in [0.15, 0.2) is 53.4 Å². The average molecular weight is 407 g/mol. The first kappa shape index (κ1) is 21.7. The molecule has 0 radical (unpaired) electrons. The van der Waals surface area contributed by atoms with Crippen LogP contribution in [0.1, 0.15) is 19.4 Å². The number of amides is 1. The Bertz CT molecular complexity index is 893. The Morgan fingerprint density at radius 3 is 2.29 bits per heavy atom. The topological polar surface area (TPSA) is 82.1 Å². The van der Waals surface area contributed by atoms with Crippen molar-refractivity contribution in [3.63, 3.8) is 0 Å². The Kier molecular flexibility index (Phi) is 7.42. The van der Waals surface area contributed by atoms with Crippen molar-refractivity contribution >= 4 is 16.0 Å². The molecule has 0 aliphatic rings. The van der Waals surface area contributed by atoms with Crippen molar-refractivity contribution in [3.8, 4) is 11.5 Å². The normalized spacial score (nSPS) is 11.3. The second-order valence-corrected chi connectivity index (χ2v) is 7.96. The Labute approximate surface area is 166 Å². The molecule has 0 saturated carbocycles. The van der Waals surface area contributed by atoms with Gasteiger partial charge >= 0.3 is 10.1 Å². The molecule has 0 bridgehead atoms. The minimum Gasteiger partial charge on any atom is -0.497 e. The fraction of sp³-hybridized carbons (Fsp3) is 0.350. The highest BCUT2D eigenvalue weighted by Gasteiger charge is 2.19. The van der Waals surface area contributed by atoms with Gasteiger partial charge in [0.05, 0.1) is 7.11 Å². The molecule has 0 fully saturated rings. The molecule has 2 aromatic rings. The van der Waals surface area contributed by atoms with Crippen LogP contribution in [0, 0.1) is 0 Å².